The molecule has 2 amide bonds. The average molecular weight is 480 g/mol. The van der Waals surface area contributed by atoms with Gasteiger partial charge in [0.15, 0.2) is 0 Å². The molecule has 0 radical (unpaired) electrons. The molecule has 0 aliphatic heterocycles. The van der Waals surface area contributed by atoms with Crippen LogP contribution in [-0.4, -0.2) is 59.2 Å². The lowest BCUT2D eigenvalue weighted by Gasteiger charge is -2.24. The number of likely N-dealkylation sites (N-methyl/N-ethyl adjacent to an activating group) is 1. The number of amides is 2. The number of ether oxygens (including phenoxy) is 1. The van der Waals surface area contributed by atoms with Crippen molar-refractivity contribution in [2.75, 3.05) is 20.2 Å². The summed E-state index contributed by atoms with van der Waals surface area (Å²) in [7, 11) is 1.52. The number of hydrogen-bond acceptors (Lipinski definition) is 6. The monoisotopic (exact) mass is 479 g/mol. The van der Waals surface area contributed by atoms with Gasteiger partial charge in [0.2, 0.25) is 5.91 Å². The number of carbonyl (C=O) groups is 3. The maximum Gasteiger partial charge on any atom is 0.407 e. The third kappa shape index (κ3) is 5.26. The third-order valence-corrected chi connectivity index (χ3v) is 6.66. The van der Waals surface area contributed by atoms with Crippen LogP contribution in [-0.2, 0) is 20.7 Å². The molecule has 34 heavy (non-hydrogen) atoms. The second-order valence-corrected chi connectivity index (χ2v) is 9.07. The first kappa shape index (κ1) is 23.4. The highest BCUT2D eigenvalue weighted by atomic mass is 32.1. The minimum absolute atomic E-state index is 0.0414. The fraction of sp³-hybridized carbons (Fsp3) is 0.280. The molecule has 1 atom stereocenters. The Balaban J connectivity index is 1.44. The van der Waals surface area contributed by atoms with Gasteiger partial charge in [-0.25, -0.2) is 4.79 Å². The van der Waals surface area contributed by atoms with E-state index in [0.717, 1.165) is 27.1 Å². The molecule has 1 aliphatic carbocycles. The van der Waals surface area contributed by atoms with E-state index >= 15 is 0 Å². The number of carboxylic acids is 1. The standard InChI is InChI=1S/C25H25N3O5S/c1-28(11-10-23(29)30)24(31)22(12-16-13-26-15-34-16)27-25(32)33-14-21-19-8-4-2-6-17(19)18-7-3-5-9-20(18)21/h2-9,13,15,21-22H,10-12,14H2,1H3,(H,27,32)(H,29,30). The van der Waals surface area contributed by atoms with Gasteiger partial charge in [0, 0.05) is 37.0 Å². The number of nitrogens with zero attached hydrogens (tertiary/aromatic N) is 2. The van der Waals surface area contributed by atoms with Gasteiger partial charge < -0.3 is 20.1 Å². The number of carbonyl (C=O) groups excluding carboxylic acids is 2. The minimum atomic E-state index is -0.997. The molecule has 0 spiro atoms. The van der Waals surface area contributed by atoms with Gasteiger partial charge >= 0.3 is 12.1 Å². The summed E-state index contributed by atoms with van der Waals surface area (Å²) < 4.78 is 5.59. The molecule has 1 unspecified atom stereocenters. The first-order valence-electron chi connectivity index (χ1n) is 10.9. The molecule has 1 aliphatic rings. The molecular formula is C25H25N3O5S. The molecule has 1 heterocycles. The van der Waals surface area contributed by atoms with E-state index in [2.05, 4.69) is 22.4 Å². The molecule has 0 bridgehead atoms. The van der Waals surface area contributed by atoms with Crippen molar-refractivity contribution < 1.29 is 24.2 Å². The lowest BCUT2D eigenvalue weighted by Crippen LogP contribution is -2.49. The van der Waals surface area contributed by atoms with Crippen LogP contribution in [0.2, 0.25) is 0 Å². The van der Waals surface area contributed by atoms with Crippen molar-refractivity contribution in [3.05, 3.63) is 76.2 Å². The SMILES string of the molecule is CN(CCC(=O)O)C(=O)C(Cc1cncs1)NC(=O)OCC1c2ccccc2-c2ccccc21. The van der Waals surface area contributed by atoms with Gasteiger partial charge in [0.1, 0.15) is 12.6 Å². The maximum absolute atomic E-state index is 13.0. The topological polar surface area (TPSA) is 109 Å². The van der Waals surface area contributed by atoms with Crippen LogP contribution in [0.5, 0.6) is 0 Å². The molecule has 2 N–H and O–H groups in total. The number of aliphatic carboxylic acids is 1. The van der Waals surface area contributed by atoms with Crippen LogP contribution < -0.4 is 5.32 Å². The van der Waals surface area contributed by atoms with E-state index in [1.54, 1.807) is 11.7 Å². The molecule has 0 saturated heterocycles. The lowest BCUT2D eigenvalue weighted by molar-refractivity contribution is -0.138. The molecule has 2 aromatic carbocycles. The minimum Gasteiger partial charge on any atom is -0.481 e. The van der Waals surface area contributed by atoms with Crippen molar-refractivity contribution in [3.63, 3.8) is 0 Å². The van der Waals surface area contributed by atoms with E-state index < -0.39 is 18.1 Å². The fourth-order valence-electron chi connectivity index (χ4n) is 4.17. The number of fused-ring (bicyclic) bond motifs is 3. The van der Waals surface area contributed by atoms with E-state index in [9.17, 15) is 14.4 Å². The summed E-state index contributed by atoms with van der Waals surface area (Å²) in [4.78, 5) is 42.7. The number of nitrogens with one attached hydrogen (secondary N) is 1. The molecule has 0 saturated carbocycles. The van der Waals surface area contributed by atoms with E-state index in [1.165, 1.54) is 23.3 Å². The summed E-state index contributed by atoms with van der Waals surface area (Å²) in [6.45, 7) is 0.176. The number of thiazole rings is 1. The molecule has 4 rings (SSSR count). The summed E-state index contributed by atoms with van der Waals surface area (Å²) in [5.41, 5.74) is 6.11. The predicted molar refractivity (Wildman–Crippen MR) is 128 cm³/mol. The molecule has 8 nitrogen and oxygen atoms in total. The highest BCUT2D eigenvalue weighted by Crippen LogP contribution is 2.44. The van der Waals surface area contributed by atoms with Crippen molar-refractivity contribution in [1.82, 2.24) is 15.2 Å². The first-order valence-corrected chi connectivity index (χ1v) is 11.8. The van der Waals surface area contributed by atoms with Gasteiger partial charge in [-0.1, -0.05) is 48.5 Å². The van der Waals surface area contributed by atoms with Gasteiger partial charge in [-0.15, -0.1) is 11.3 Å². The van der Waals surface area contributed by atoms with Crippen LogP contribution in [0.1, 0.15) is 28.3 Å². The van der Waals surface area contributed by atoms with Crippen LogP contribution in [0.4, 0.5) is 4.79 Å². The lowest BCUT2D eigenvalue weighted by atomic mass is 9.98. The van der Waals surface area contributed by atoms with Crippen LogP contribution in [0.25, 0.3) is 11.1 Å². The van der Waals surface area contributed by atoms with Gasteiger partial charge in [-0.3, -0.25) is 14.6 Å². The Labute approximate surface area is 201 Å². The Kier molecular flexibility index (Phi) is 7.22. The Bertz CT molecular complexity index is 1140. The number of rotatable bonds is 9. The fourth-order valence-corrected chi connectivity index (χ4v) is 4.81. The molecule has 1 aromatic heterocycles. The number of aromatic nitrogens is 1. The second-order valence-electron chi connectivity index (χ2n) is 8.10. The van der Waals surface area contributed by atoms with Crippen molar-refractivity contribution in [2.24, 2.45) is 0 Å². The van der Waals surface area contributed by atoms with Gasteiger partial charge in [-0.05, 0) is 22.3 Å². The zero-order valence-electron chi connectivity index (χ0n) is 18.6. The van der Waals surface area contributed by atoms with Crippen molar-refractivity contribution in [3.8, 4) is 11.1 Å². The molecule has 0 fully saturated rings. The number of alkyl carbamates (subject to hydrolysis) is 1. The van der Waals surface area contributed by atoms with E-state index in [1.807, 2.05) is 36.4 Å². The summed E-state index contributed by atoms with van der Waals surface area (Å²) in [5.74, 6) is -1.47. The highest BCUT2D eigenvalue weighted by Gasteiger charge is 2.30. The smallest absolute Gasteiger partial charge is 0.407 e. The number of benzene rings is 2. The Hall–Kier alpha value is -3.72. The van der Waals surface area contributed by atoms with E-state index in [-0.39, 0.29) is 37.8 Å². The Morgan fingerprint density at radius 3 is 2.35 bits per heavy atom. The van der Waals surface area contributed by atoms with Gasteiger partial charge in [0.25, 0.3) is 0 Å². The van der Waals surface area contributed by atoms with E-state index in [0.29, 0.717) is 0 Å². The van der Waals surface area contributed by atoms with E-state index in [4.69, 9.17) is 9.84 Å². The number of carboxylic acid groups (broad SMARTS) is 1. The molecule has 176 valence electrons. The van der Waals surface area contributed by atoms with Crippen LogP contribution in [0.3, 0.4) is 0 Å². The molecule has 9 heteroatoms. The summed E-state index contributed by atoms with van der Waals surface area (Å²) in [6.07, 6.45) is 1.00. The number of hydrogen-bond donors (Lipinski definition) is 2. The van der Waals surface area contributed by atoms with Crippen molar-refractivity contribution >= 4 is 29.3 Å². The Morgan fingerprint density at radius 1 is 1.12 bits per heavy atom. The summed E-state index contributed by atoms with van der Waals surface area (Å²) >= 11 is 1.38. The predicted octanol–water partition coefficient (Wildman–Crippen LogP) is 3.53. The molecule has 3 aromatic rings. The van der Waals surface area contributed by atoms with Crippen molar-refractivity contribution in [2.45, 2.75) is 24.8 Å². The van der Waals surface area contributed by atoms with Crippen LogP contribution >= 0.6 is 11.3 Å². The van der Waals surface area contributed by atoms with Gasteiger partial charge in [0.05, 0.1) is 11.9 Å². The summed E-state index contributed by atoms with van der Waals surface area (Å²) in [6, 6.07) is 15.2. The van der Waals surface area contributed by atoms with Crippen LogP contribution in [0, 0.1) is 0 Å². The quantitative estimate of drug-likeness (QED) is 0.486. The highest BCUT2D eigenvalue weighted by molar-refractivity contribution is 7.09. The zero-order chi connectivity index (χ0) is 24.1. The zero-order valence-corrected chi connectivity index (χ0v) is 19.5. The third-order valence-electron chi connectivity index (χ3n) is 5.86. The molecular weight excluding hydrogens is 454 g/mol. The Morgan fingerprint density at radius 2 is 1.76 bits per heavy atom. The largest absolute Gasteiger partial charge is 0.481 e. The van der Waals surface area contributed by atoms with Crippen molar-refractivity contribution in [1.29, 1.82) is 0 Å². The maximum atomic E-state index is 13.0. The van der Waals surface area contributed by atoms with Crippen LogP contribution in [0.15, 0.2) is 60.2 Å². The second kappa shape index (κ2) is 10.5. The average Bonchev–Trinajstić information content (AvgIpc) is 3.46. The first-order chi connectivity index (χ1) is 16.4. The summed E-state index contributed by atoms with van der Waals surface area (Å²) in [5, 5.41) is 11.6. The normalized spacial score (nSPS) is 13.0. The van der Waals surface area contributed by atoms with Gasteiger partial charge in [-0.2, -0.15) is 0 Å².